The lowest BCUT2D eigenvalue weighted by Crippen LogP contribution is -2.37. The Bertz CT molecular complexity index is 468. The largest absolute Gasteiger partial charge is 0.416 e. The number of benzene rings is 1. The fourth-order valence-electron chi connectivity index (χ4n) is 3.35. The molecule has 1 aromatic carbocycles. The molecule has 0 aromatic heterocycles. The van der Waals surface area contributed by atoms with Crippen LogP contribution in [-0.4, -0.2) is 12.6 Å². The van der Waals surface area contributed by atoms with Gasteiger partial charge in [0, 0.05) is 6.04 Å². The van der Waals surface area contributed by atoms with E-state index in [4.69, 9.17) is 0 Å². The minimum Gasteiger partial charge on any atom is -0.313 e. The molecule has 2 unspecified atom stereocenters. The first-order chi connectivity index (χ1) is 9.93. The molecule has 2 rings (SSSR count). The Hall–Kier alpha value is -1.03. The van der Waals surface area contributed by atoms with Crippen LogP contribution in [0, 0.1) is 6.92 Å². The molecule has 1 aliphatic carbocycles. The fourth-order valence-corrected chi connectivity index (χ4v) is 3.35. The van der Waals surface area contributed by atoms with Crippen LogP contribution in [0.1, 0.15) is 61.6 Å². The van der Waals surface area contributed by atoms with Gasteiger partial charge in [-0.25, -0.2) is 0 Å². The van der Waals surface area contributed by atoms with Gasteiger partial charge in [0.1, 0.15) is 0 Å². The van der Waals surface area contributed by atoms with Crippen molar-refractivity contribution >= 4 is 0 Å². The Morgan fingerprint density at radius 1 is 1.19 bits per heavy atom. The molecule has 1 N–H and O–H groups in total. The van der Waals surface area contributed by atoms with Gasteiger partial charge in [-0.1, -0.05) is 25.8 Å². The van der Waals surface area contributed by atoms with Crippen molar-refractivity contribution in [1.29, 1.82) is 0 Å². The number of hydrogen-bond donors (Lipinski definition) is 1. The number of halogens is 3. The van der Waals surface area contributed by atoms with Crippen LogP contribution in [0.4, 0.5) is 13.2 Å². The maximum atomic E-state index is 12.8. The minimum absolute atomic E-state index is 0.340. The van der Waals surface area contributed by atoms with Gasteiger partial charge in [0.2, 0.25) is 0 Å². The molecular formula is C17H24F3N. The molecule has 118 valence electrons. The average molecular weight is 299 g/mol. The molecule has 1 aromatic rings. The van der Waals surface area contributed by atoms with Crippen molar-refractivity contribution in [2.75, 3.05) is 6.54 Å². The molecule has 1 aliphatic rings. The molecule has 0 spiro atoms. The third-order valence-corrected chi connectivity index (χ3v) is 4.42. The van der Waals surface area contributed by atoms with E-state index in [9.17, 15) is 13.2 Å². The Labute approximate surface area is 124 Å². The Balaban J connectivity index is 2.22. The summed E-state index contributed by atoms with van der Waals surface area (Å²) in [6.07, 6.45) is 1.37. The van der Waals surface area contributed by atoms with Crippen molar-refractivity contribution in [1.82, 2.24) is 5.32 Å². The summed E-state index contributed by atoms with van der Waals surface area (Å²) in [5.41, 5.74) is 1.30. The van der Waals surface area contributed by atoms with Crippen LogP contribution < -0.4 is 5.32 Å². The highest BCUT2D eigenvalue weighted by Gasteiger charge is 2.32. The molecular weight excluding hydrogens is 275 g/mol. The lowest BCUT2D eigenvalue weighted by atomic mass is 9.78. The van der Waals surface area contributed by atoms with Crippen molar-refractivity contribution < 1.29 is 13.2 Å². The molecule has 0 amide bonds. The summed E-state index contributed by atoms with van der Waals surface area (Å²) in [5.74, 6) is 0.340. The van der Waals surface area contributed by atoms with E-state index in [2.05, 4.69) is 12.2 Å². The zero-order valence-corrected chi connectivity index (χ0v) is 12.8. The van der Waals surface area contributed by atoms with Crippen LogP contribution in [0.3, 0.4) is 0 Å². The molecule has 4 heteroatoms. The third kappa shape index (κ3) is 4.00. The van der Waals surface area contributed by atoms with Gasteiger partial charge in [-0.15, -0.1) is 0 Å². The second kappa shape index (κ2) is 6.82. The number of aryl methyl sites for hydroxylation is 1. The highest BCUT2D eigenvalue weighted by molar-refractivity contribution is 5.36. The molecule has 0 bridgehead atoms. The van der Waals surface area contributed by atoms with E-state index in [0.29, 0.717) is 12.0 Å². The smallest absolute Gasteiger partial charge is 0.313 e. The van der Waals surface area contributed by atoms with E-state index < -0.39 is 11.7 Å². The summed E-state index contributed by atoms with van der Waals surface area (Å²) in [6.45, 7) is 4.91. The number of rotatable bonds is 4. The van der Waals surface area contributed by atoms with Crippen LogP contribution in [0.2, 0.25) is 0 Å². The Morgan fingerprint density at radius 2 is 1.90 bits per heavy atom. The van der Waals surface area contributed by atoms with E-state index >= 15 is 0 Å². The third-order valence-electron chi connectivity index (χ3n) is 4.42. The minimum atomic E-state index is -4.25. The van der Waals surface area contributed by atoms with Crippen molar-refractivity contribution in [2.24, 2.45) is 0 Å². The van der Waals surface area contributed by atoms with Gasteiger partial charge in [-0.05, 0) is 61.9 Å². The van der Waals surface area contributed by atoms with Gasteiger partial charge in [0.05, 0.1) is 5.56 Å². The van der Waals surface area contributed by atoms with E-state index in [1.165, 1.54) is 18.6 Å². The van der Waals surface area contributed by atoms with Crippen molar-refractivity contribution in [3.8, 4) is 0 Å². The average Bonchev–Trinajstić information content (AvgIpc) is 2.44. The standard InChI is InChI=1S/C17H24F3N/c1-3-10-21-16-7-5-4-6-15(16)14-9-8-13(11-12(14)2)17(18,19)20/h8-9,11,15-16,21H,3-7,10H2,1-2H3. The molecule has 0 aliphatic heterocycles. The van der Waals surface area contributed by atoms with Crippen LogP contribution in [0.25, 0.3) is 0 Å². The SMILES string of the molecule is CCCNC1CCCCC1c1ccc(C(F)(F)F)cc1C. The van der Waals surface area contributed by atoms with Gasteiger partial charge in [-0.2, -0.15) is 13.2 Å². The molecule has 21 heavy (non-hydrogen) atoms. The van der Waals surface area contributed by atoms with Crippen molar-refractivity contribution in [2.45, 2.75) is 64.1 Å². The monoisotopic (exact) mass is 299 g/mol. The zero-order chi connectivity index (χ0) is 15.5. The maximum absolute atomic E-state index is 12.8. The molecule has 0 saturated heterocycles. The number of nitrogens with one attached hydrogen (secondary N) is 1. The zero-order valence-electron chi connectivity index (χ0n) is 12.8. The van der Waals surface area contributed by atoms with Crippen molar-refractivity contribution in [3.63, 3.8) is 0 Å². The molecule has 1 fully saturated rings. The molecule has 0 heterocycles. The lowest BCUT2D eigenvalue weighted by molar-refractivity contribution is -0.137. The number of hydrogen-bond acceptors (Lipinski definition) is 1. The van der Waals surface area contributed by atoms with Gasteiger partial charge in [0.25, 0.3) is 0 Å². The first kappa shape index (κ1) is 16.3. The molecule has 1 saturated carbocycles. The Morgan fingerprint density at radius 3 is 2.52 bits per heavy atom. The van der Waals surface area contributed by atoms with Crippen LogP contribution in [0.15, 0.2) is 18.2 Å². The summed E-state index contributed by atoms with van der Waals surface area (Å²) < 4.78 is 38.3. The first-order valence-electron chi connectivity index (χ1n) is 7.84. The van der Waals surface area contributed by atoms with Crippen LogP contribution in [-0.2, 0) is 6.18 Å². The van der Waals surface area contributed by atoms with E-state index in [1.807, 2.05) is 0 Å². The summed E-state index contributed by atoms with van der Waals surface area (Å²) >= 11 is 0. The van der Waals surface area contributed by atoms with Gasteiger partial charge >= 0.3 is 6.18 Å². The lowest BCUT2D eigenvalue weighted by Gasteiger charge is -2.34. The molecule has 1 nitrogen and oxygen atoms in total. The summed E-state index contributed by atoms with van der Waals surface area (Å²) in [4.78, 5) is 0. The van der Waals surface area contributed by atoms with Gasteiger partial charge in [0.15, 0.2) is 0 Å². The predicted octanol–water partition coefficient (Wildman–Crippen LogP) is 5.04. The van der Waals surface area contributed by atoms with Gasteiger partial charge in [-0.3, -0.25) is 0 Å². The summed E-state index contributed by atoms with van der Waals surface area (Å²) in [6, 6.07) is 4.61. The molecule has 2 atom stereocenters. The Kier molecular flexibility index (Phi) is 5.31. The van der Waals surface area contributed by atoms with E-state index in [-0.39, 0.29) is 0 Å². The van der Waals surface area contributed by atoms with Crippen LogP contribution >= 0.6 is 0 Å². The topological polar surface area (TPSA) is 12.0 Å². The predicted molar refractivity (Wildman–Crippen MR) is 79.5 cm³/mol. The summed E-state index contributed by atoms with van der Waals surface area (Å²) in [5, 5.41) is 3.57. The normalized spacial score (nSPS) is 23.3. The second-order valence-electron chi connectivity index (χ2n) is 6.02. The number of alkyl halides is 3. The maximum Gasteiger partial charge on any atom is 0.416 e. The molecule has 0 radical (unpaired) electrons. The van der Waals surface area contributed by atoms with Crippen molar-refractivity contribution in [3.05, 3.63) is 34.9 Å². The highest BCUT2D eigenvalue weighted by Crippen LogP contribution is 2.37. The second-order valence-corrected chi connectivity index (χ2v) is 6.02. The van der Waals surface area contributed by atoms with Gasteiger partial charge < -0.3 is 5.32 Å². The summed E-state index contributed by atoms with van der Waals surface area (Å²) in [7, 11) is 0. The van der Waals surface area contributed by atoms with E-state index in [0.717, 1.165) is 43.4 Å². The first-order valence-corrected chi connectivity index (χ1v) is 7.84. The highest BCUT2D eigenvalue weighted by atomic mass is 19.4. The quantitative estimate of drug-likeness (QED) is 0.821. The van der Waals surface area contributed by atoms with E-state index in [1.54, 1.807) is 13.0 Å². The van der Waals surface area contributed by atoms with Crippen LogP contribution in [0.5, 0.6) is 0 Å². The fraction of sp³-hybridized carbons (Fsp3) is 0.647.